The molecule has 0 radical (unpaired) electrons. The van der Waals surface area contributed by atoms with Gasteiger partial charge in [0.15, 0.2) is 6.61 Å². The minimum atomic E-state index is -0.347. The number of para-hydroxylation sites is 1. The van der Waals surface area contributed by atoms with Crippen LogP contribution in [0.1, 0.15) is 10.4 Å². The number of benzene rings is 2. The molecule has 2 rings (SSSR count). The first-order chi connectivity index (χ1) is 12.1. The van der Waals surface area contributed by atoms with Crippen LogP contribution in [0.15, 0.2) is 53.0 Å². The zero-order valence-corrected chi connectivity index (χ0v) is 15.3. The average Bonchev–Trinajstić information content (AvgIpc) is 2.62. The van der Waals surface area contributed by atoms with Gasteiger partial charge in [0, 0.05) is 18.1 Å². The number of carbonyl (C=O) groups is 2. The van der Waals surface area contributed by atoms with Crippen LogP contribution in [0.5, 0.6) is 5.75 Å². The summed E-state index contributed by atoms with van der Waals surface area (Å²) in [4.78, 5) is 24.3. The molecule has 0 saturated heterocycles. The lowest BCUT2D eigenvalue weighted by atomic mass is 10.1. The highest BCUT2D eigenvalue weighted by molar-refractivity contribution is 9.10. The summed E-state index contributed by atoms with van der Waals surface area (Å²) in [6, 6.07) is 14.0. The Hall–Kier alpha value is -2.38. The molecule has 0 spiro atoms. The van der Waals surface area contributed by atoms with Crippen molar-refractivity contribution in [1.82, 2.24) is 5.32 Å². The number of nitrogens with one attached hydrogen (secondary N) is 2. The first-order valence-corrected chi connectivity index (χ1v) is 8.44. The number of carbonyl (C=O) groups excluding carboxylic acids is 2. The summed E-state index contributed by atoms with van der Waals surface area (Å²) in [6.45, 7) is 0.660. The highest BCUT2D eigenvalue weighted by atomic mass is 79.9. The lowest BCUT2D eigenvalue weighted by Gasteiger charge is -2.12. The Labute approximate surface area is 154 Å². The zero-order valence-electron chi connectivity index (χ0n) is 13.8. The lowest BCUT2D eigenvalue weighted by Crippen LogP contribution is -2.28. The summed E-state index contributed by atoms with van der Waals surface area (Å²) in [5, 5.41) is 5.42. The fourth-order valence-electron chi connectivity index (χ4n) is 2.02. The molecular weight excluding hydrogens is 388 g/mol. The summed E-state index contributed by atoms with van der Waals surface area (Å²) >= 11 is 3.33. The number of rotatable bonds is 8. The molecule has 0 atom stereocenters. The fourth-order valence-corrected chi connectivity index (χ4v) is 2.28. The number of halogens is 1. The van der Waals surface area contributed by atoms with Gasteiger partial charge in [-0.2, -0.15) is 0 Å². The average molecular weight is 407 g/mol. The van der Waals surface area contributed by atoms with Crippen molar-refractivity contribution in [3.63, 3.8) is 0 Å². The van der Waals surface area contributed by atoms with E-state index in [1.807, 2.05) is 12.1 Å². The molecule has 6 nitrogen and oxygen atoms in total. The minimum absolute atomic E-state index is 0.152. The SMILES string of the molecule is COCCNC(=O)c1ccccc1NC(=O)COc1ccc(Br)cc1. The number of hydrogen-bond donors (Lipinski definition) is 2. The smallest absolute Gasteiger partial charge is 0.262 e. The maximum absolute atomic E-state index is 12.2. The van der Waals surface area contributed by atoms with Crippen LogP contribution in [0.25, 0.3) is 0 Å². The molecule has 0 aliphatic heterocycles. The molecule has 25 heavy (non-hydrogen) atoms. The van der Waals surface area contributed by atoms with Crippen LogP contribution < -0.4 is 15.4 Å². The van der Waals surface area contributed by atoms with E-state index in [4.69, 9.17) is 9.47 Å². The maximum atomic E-state index is 12.2. The number of hydrogen-bond acceptors (Lipinski definition) is 4. The number of methoxy groups -OCH3 is 1. The Kier molecular flexibility index (Phi) is 7.43. The summed E-state index contributed by atoms with van der Waals surface area (Å²) in [7, 11) is 1.56. The normalized spacial score (nSPS) is 10.2. The van der Waals surface area contributed by atoms with Crippen molar-refractivity contribution >= 4 is 33.4 Å². The lowest BCUT2D eigenvalue weighted by molar-refractivity contribution is -0.118. The van der Waals surface area contributed by atoms with Crippen molar-refractivity contribution in [2.45, 2.75) is 0 Å². The van der Waals surface area contributed by atoms with Crippen molar-refractivity contribution in [3.8, 4) is 5.75 Å². The van der Waals surface area contributed by atoms with Gasteiger partial charge in [0.1, 0.15) is 5.75 Å². The molecule has 2 N–H and O–H groups in total. The largest absolute Gasteiger partial charge is 0.484 e. The molecule has 0 aromatic heterocycles. The Morgan fingerprint density at radius 1 is 1.08 bits per heavy atom. The molecule has 0 heterocycles. The molecule has 2 amide bonds. The third kappa shape index (κ3) is 6.21. The topological polar surface area (TPSA) is 76.7 Å². The number of anilines is 1. The molecule has 7 heteroatoms. The van der Waals surface area contributed by atoms with Crippen LogP contribution in [-0.2, 0) is 9.53 Å². The fraction of sp³-hybridized carbons (Fsp3) is 0.222. The zero-order chi connectivity index (χ0) is 18.1. The van der Waals surface area contributed by atoms with E-state index >= 15 is 0 Å². The van der Waals surface area contributed by atoms with Crippen LogP contribution in [0.2, 0.25) is 0 Å². The first-order valence-electron chi connectivity index (χ1n) is 7.64. The van der Waals surface area contributed by atoms with Gasteiger partial charge in [0.25, 0.3) is 11.8 Å². The van der Waals surface area contributed by atoms with Crippen LogP contribution in [0, 0.1) is 0 Å². The number of amides is 2. The highest BCUT2D eigenvalue weighted by Gasteiger charge is 2.13. The molecule has 0 fully saturated rings. The first kappa shape index (κ1) is 19.0. The van der Waals surface area contributed by atoms with Gasteiger partial charge < -0.3 is 20.1 Å². The van der Waals surface area contributed by atoms with Gasteiger partial charge in [-0.1, -0.05) is 28.1 Å². The van der Waals surface area contributed by atoms with Crippen molar-refractivity contribution < 1.29 is 19.1 Å². The molecule has 0 aliphatic carbocycles. The summed E-state index contributed by atoms with van der Waals surface area (Å²) in [5.74, 6) is -0.0363. The van der Waals surface area contributed by atoms with Gasteiger partial charge in [-0.3, -0.25) is 9.59 Å². The molecular formula is C18H19BrN2O4. The monoisotopic (exact) mass is 406 g/mol. The van der Waals surface area contributed by atoms with Crippen molar-refractivity contribution in [3.05, 3.63) is 58.6 Å². The predicted molar refractivity (Wildman–Crippen MR) is 98.9 cm³/mol. The molecule has 0 bridgehead atoms. The molecule has 0 saturated carbocycles. The van der Waals surface area contributed by atoms with E-state index in [1.54, 1.807) is 43.5 Å². The van der Waals surface area contributed by atoms with E-state index in [2.05, 4.69) is 26.6 Å². The molecule has 2 aromatic carbocycles. The van der Waals surface area contributed by atoms with Gasteiger partial charge in [-0.25, -0.2) is 0 Å². The second-order valence-corrected chi connectivity index (χ2v) is 6.00. The summed E-state index contributed by atoms with van der Waals surface area (Å²) in [6.07, 6.45) is 0. The van der Waals surface area contributed by atoms with Gasteiger partial charge in [0.2, 0.25) is 0 Å². The molecule has 2 aromatic rings. The standard InChI is InChI=1S/C18H19BrN2O4/c1-24-11-10-20-18(23)15-4-2-3-5-16(15)21-17(22)12-25-14-8-6-13(19)7-9-14/h2-9H,10-12H2,1H3,(H,20,23)(H,21,22). The van der Waals surface area contributed by atoms with E-state index in [0.717, 1.165) is 4.47 Å². The van der Waals surface area contributed by atoms with Crippen molar-refractivity contribution in [2.75, 3.05) is 32.2 Å². The number of ether oxygens (including phenoxy) is 2. The Balaban J connectivity index is 1.93. The predicted octanol–water partition coefficient (Wildman–Crippen LogP) is 2.84. The molecule has 0 aliphatic rings. The molecule has 0 unspecified atom stereocenters. The summed E-state index contributed by atoms with van der Waals surface area (Å²) in [5.41, 5.74) is 0.817. The molecule has 132 valence electrons. The van der Waals surface area contributed by atoms with E-state index in [1.165, 1.54) is 0 Å². The van der Waals surface area contributed by atoms with E-state index < -0.39 is 0 Å². The third-order valence-electron chi connectivity index (χ3n) is 3.22. The Bertz CT molecular complexity index is 719. The Morgan fingerprint density at radius 2 is 1.80 bits per heavy atom. The van der Waals surface area contributed by atoms with E-state index in [0.29, 0.717) is 30.2 Å². The van der Waals surface area contributed by atoms with Crippen molar-refractivity contribution in [2.24, 2.45) is 0 Å². The van der Waals surface area contributed by atoms with Crippen LogP contribution in [-0.4, -0.2) is 38.7 Å². The Morgan fingerprint density at radius 3 is 2.52 bits per heavy atom. The van der Waals surface area contributed by atoms with Crippen LogP contribution in [0.3, 0.4) is 0 Å². The van der Waals surface area contributed by atoms with Crippen LogP contribution >= 0.6 is 15.9 Å². The van der Waals surface area contributed by atoms with Crippen molar-refractivity contribution in [1.29, 1.82) is 0 Å². The van der Waals surface area contributed by atoms with Gasteiger partial charge in [0.05, 0.1) is 17.9 Å². The quantitative estimate of drug-likeness (QED) is 0.660. The van der Waals surface area contributed by atoms with Gasteiger partial charge in [-0.05, 0) is 36.4 Å². The second kappa shape index (κ2) is 9.80. The third-order valence-corrected chi connectivity index (χ3v) is 3.75. The van der Waals surface area contributed by atoms with Crippen LogP contribution in [0.4, 0.5) is 5.69 Å². The van der Waals surface area contributed by atoms with Gasteiger partial charge in [-0.15, -0.1) is 0 Å². The van der Waals surface area contributed by atoms with E-state index in [9.17, 15) is 9.59 Å². The maximum Gasteiger partial charge on any atom is 0.262 e. The van der Waals surface area contributed by atoms with Gasteiger partial charge >= 0.3 is 0 Å². The van der Waals surface area contributed by atoms with E-state index in [-0.39, 0.29) is 18.4 Å². The summed E-state index contributed by atoms with van der Waals surface area (Å²) < 4.78 is 11.3. The minimum Gasteiger partial charge on any atom is -0.484 e. The second-order valence-electron chi connectivity index (χ2n) is 5.09. The highest BCUT2D eigenvalue weighted by Crippen LogP contribution is 2.17.